The van der Waals surface area contributed by atoms with Crippen LogP contribution in [0.2, 0.25) is 0 Å². The van der Waals surface area contributed by atoms with E-state index in [1.807, 2.05) is 16.9 Å². The fraction of sp³-hybridized carbons (Fsp3) is 0.500. The minimum Gasteiger partial charge on any atom is -0.371 e. The van der Waals surface area contributed by atoms with Gasteiger partial charge in [0.15, 0.2) is 9.84 Å². The van der Waals surface area contributed by atoms with Crippen molar-refractivity contribution >= 4 is 15.5 Å². The summed E-state index contributed by atoms with van der Waals surface area (Å²) >= 11 is 0. The van der Waals surface area contributed by atoms with Gasteiger partial charge in [-0.3, -0.25) is 0 Å². The first kappa shape index (κ1) is 16.6. The molecule has 0 spiro atoms. The minimum atomic E-state index is -2.81. The maximum atomic E-state index is 11.6. The smallest absolute Gasteiger partial charge is 0.151 e. The highest BCUT2D eigenvalue weighted by Crippen LogP contribution is 2.23. The van der Waals surface area contributed by atoms with Gasteiger partial charge in [0.2, 0.25) is 0 Å². The molecular weight excluding hydrogens is 336 g/mol. The zero-order chi connectivity index (χ0) is 17.3. The molecule has 2 saturated heterocycles. The van der Waals surface area contributed by atoms with Crippen molar-refractivity contribution in [3.63, 3.8) is 0 Å². The van der Waals surface area contributed by atoms with E-state index in [-0.39, 0.29) is 6.04 Å². The molecule has 2 fully saturated rings. The van der Waals surface area contributed by atoms with Gasteiger partial charge >= 0.3 is 0 Å². The number of benzene rings is 1. The van der Waals surface area contributed by atoms with Gasteiger partial charge in [-0.05, 0) is 43.5 Å². The lowest BCUT2D eigenvalue weighted by Gasteiger charge is -2.35. The molecule has 0 radical (unpaired) electrons. The molecule has 1 aromatic carbocycles. The second-order valence-corrected chi connectivity index (χ2v) is 9.23. The lowest BCUT2D eigenvalue weighted by atomic mass is 10.0. The van der Waals surface area contributed by atoms with Crippen LogP contribution in [0.3, 0.4) is 0 Å². The average molecular weight is 360 g/mol. The van der Waals surface area contributed by atoms with Gasteiger partial charge in [0.1, 0.15) is 0 Å². The lowest BCUT2D eigenvalue weighted by Crippen LogP contribution is -2.46. The van der Waals surface area contributed by atoms with Gasteiger partial charge in [-0.1, -0.05) is 6.07 Å². The number of hydrogen-bond donors (Lipinski definition) is 1. The topological polar surface area (TPSA) is 67.2 Å². The van der Waals surface area contributed by atoms with Crippen molar-refractivity contribution in [1.82, 2.24) is 15.1 Å². The van der Waals surface area contributed by atoms with Gasteiger partial charge in [0.05, 0.1) is 17.2 Å². The molecule has 2 aliphatic rings. The summed E-state index contributed by atoms with van der Waals surface area (Å²) in [5, 5.41) is 7.85. The molecule has 1 unspecified atom stereocenters. The van der Waals surface area contributed by atoms with Crippen LogP contribution in [-0.4, -0.2) is 54.9 Å². The fourth-order valence-electron chi connectivity index (χ4n) is 3.82. The molecule has 1 atom stereocenters. The van der Waals surface area contributed by atoms with Gasteiger partial charge in [0, 0.05) is 43.3 Å². The number of aromatic nitrogens is 2. The Kier molecular flexibility index (Phi) is 4.52. The van der Waals surface area contributed by atoms with E-state index in [0.717, 1.165) is 38.0 Å². The molecule has 3 heterocycles. The Hall–Kier alpha value is -1.86. The zero-order valence-electron chi connectivity index (χ0n) is 14.2. The number of sulfone groups is 1. The summed E-state index contributed by atoms with van der Waals surface area (Å²) in [6, 6.07) is 10.9. The first-order valence-electron chi connectivity index (χ1n) is 8.91. The number of nitrogens with zero attached hydrogens (tertiary/aromatic N) is 3. The second-order valence-electron chi connectivity index (χ2n) is 7.00. The Labute approximate surface area is 148 Å². The van der Waals surface area contributed by atoms with Crippen LogP contribution >= 0.6 is 0 Å². The maximum Gasteiger partial charge on any atom is 0.151 e. The van der Waals surface area contributed by atoms with Crippen LogP contribution in [-0.2, 0) is 9.84 Å². The van der Waals surface area contributed by atoms with Crippen molar-refractivity contribution < 1.29 is 8.42 Å². The van der Waals surface area contributed by atoms with E-state index < -0.39 is 9.84 Å². The first-order chi connectivity index (χ1) is 12.1. The summed E-state index contributed by atoms with van der Waals surface area (Å²) in [7, 11) is -2.81. The summed E-state index contributed by atoms with van der Waals surface area (Å²) in [5.41, 5.74) is 2.29. The highest BCUT2D eigenvalue weighted by atomic mass is 32.2. The van der Waals surface area contributed by atoms with Crippen LogP contribution < -0.4 is 10.2 Å². The molecule has 134 valence electrons. The highest BCUT2D eigenvalue weighted by molar-refractivity contribution is 7.91. The maximum absolute atomic E-state index is 11.6. The molecule has 0 bridgehead atoms. The molecule has 4 rings (SSSR count). The molecule has 25 heavy (non-hydrogen) atoms. The first-order valence-corrected chi connectivity index (χ1v) is 10.7. The van der Waals surface area contributed by atoms with Crippen LogP contribution in [0.5, 0.6) is 0 Å². The summed E-state index contributed by atoms with van der Waals surface area (Å²) < 4.78 is 25.1. The zero-order valence-corrected chi connectivity index (χ0v) is 15.0. The number of rotatable bonds is 4. The van der Waals surface area contributed by atoms with Crippen molar-refractivity contribution in [2.45, 2.75) is 31.3 Å². The number of piperidine rings is 1. The van der Waals surface area contributed by atoms with Crippen molar-refractivity contribution in [2.24, 2.45) is 0 Å². The predicted molar refractivity (Wildman–Crippen MR) is 99.0 cm³/mol. The SMILES string of the molecule is O=S1(=O)CCC(NC2CCN(c3cccc(-n4cccn4)c3)CC2)C1. The third-order valence-corrected chi connectivity index (χ3v) is 6.93. The number of hydrogen-bond acceptors (Lipinski definition) is 5. The fourth-order valence-corrected chi connectivity index (χ4v) is 5.50. The summed E-state index contributed by atoms with van der Waals surface area (Å²) in [5.74, 6) is 0.642. The van der Waals surface area contributed by atoms with Crippen LogP contribution in [0.1, 0.15) is 19.3 Å². The molecule has 1 N–H and O–H groups in total. The summed E-state index contributed by atoms with van der Waals surface area (Å²) in [6.45, 7) is 1.97. The molecule has 6 nitrogen and oxygen atoms in total. The Morgan fingerprint density at radius 1 is 1.04 bits per heavy atom. The molecule has 1 aromatic heterocycles. The Bertz CT molecular complexity index is 811. The lowest BCUT2D eigenvalue weighted by molar-refractivity contribution is 0.379. The molecule has 7 heteroatoms. The Morgan fingerprint density at radius 3 is 2.52 bits per heavy atom. The van der Waals surface area contributed by atoms with Gasteiger partial charge in [0.25, 0.3) is 0 Å². The Balaban J connectivity index is 1.35. The molecule has 0 saturated carbocycles. The quantitative estimate of drug-likeness (QED) is 0.897. The van der Waals surface area contributed by atoms with Crippen molar-refractivity contribution in [2.75, 3.05) is 29.5 Å². The molecule has 2 aromatic rings. The molecule has 0 aliphatic carbocycles. The normalized spacial score (nSPS) is 23.8. The highest BCUT2D eigenvalue weighted by Gasteiger charge is 2.30. The van der Waals surface area contributed by atoms with Gasteiger partial charge in [-0.2, -0.15) is 5.10 Å². The van der Waals surface area contributed by atoms with Crippen molar-refractivity contribution in [1.29, 1.82) is 0 Å². The van der Waals surface area contributed by atoms with E-state index >= 15 is 0 Å². The number of nitrogens with one attached hydrogen (secondary N) is 1. The molecule has 2 aliphatic heterocycles. The molecular formula is C18H24N4O2S. The standard InChI is InChI=1S/C18H24N4O2S/c23-25(24)12-7-16(14-25)20-15-5-10-21(11-6-15)17-3-1-4-18(13-17)22-9-2-8-19-22/h1-4,8-9,13,15-16,20H,5-7,10-12,14H2. The molecule has 0 amide bonds. The predicted octanol–water partition coefficient (Wildman–Crippen LogP) is 1.62. The number of anilines is 1. The van der Waals surface area contributed by atoms with Gasteiger partial charge < -0.3 is 10.2 Å². The Morgan fingerprint density at radius 2 is 1.84 bits per heavy atom. The summed E-state index contributed by atoms with van der Waals surface area (Å²) in [4.78, 5) is 2.40. The van der Waals surface area contributed by atoms with Crippen LogP contribution in [0.15, 0.2) is 42.7 Å². The van der Waals surface area contributed by atoms with E-state index in [0.29, 0.717) is 17.5 Å². The van der Waals surface area contributed by atoms with Crippen LogP contribution in [0.25, 0.3) is 5.69 Å². The largest absolute Gasteiger partial charge is 0.371 e. The minimum absolute atomic E-state index is 0.143. The van der Waals surface area contributed by atoms with Gasteiger partial charge in [-0.15, -0.1) is 0 Å². The van der Waals surface area contributed by atoms with Crippen molar-refractivity contribution in [3.8, 4) is 5.69 Å². The van der Waals surface area contributed by atoms with E-state index in [2.05, 4.69) is 39.6 Å². The third-order valence-electron chi connectivity index (χ3n) is 5.16. The van der Waals surface area contributed by atoms with E-state index in [4.69, 9.17) is 0 Å². The summed E-state index contributed by atoms with van der Waals surface area (Å²) in [6.07, 6.45) is 6.58. The van der Waals surface area contributed by atoms with Crippen LogP contribution in [0.4, 0.5) is 5.69 Å². The van der Waals surface area contributed by atoms with Crippen LogP contribution in [0, 0.1) is 0 Å². The third kappa shape index (κ3) is 3.88. The van der Waals surface area contributed by atoms with E-state index in [9.17, 15) is 8.42 Å². The monoisotopic (exact) mass is 360 g/mol. The average Bonchev–Trinajstić information content (AvgIpc) is 3.25. The van der Waals surface area contributed by atoms with E-state index in [1.165, 1.54) is 5.69 Å². The van der Waals surface area contributed by atoms with Crippen molar-refractivity contribution in [3.05, 3.63) is 42.7 Å². The van der Waals surface area contributed by atoms with Gasteiger partial charge in [-0.25, -0.2) is 13.1 Å². The second kappa shape index (κ2) is 6.80. The van der Waals surface area contributed by atoms with E-state index in [1.54, 1.807) is 6.20 Å².